The average Bonchev–Trinajstić information content (AvgIpc) is 3.11. The van der Waals surface area contributed by atoms with Gasteiger partial charge in [-0.25, -0.2) is 4.98 Å². The summed E-state index contributed by atoms with van der Waals surface area (Å²) in [6.45, 7) is 2.41. The number of rotatable bonds is 6. The molecule has 0 unspecified atom stereocenters. The molecule has 2 aliphatic heterocycles. The fraction of sp³-hybridized carbons (Fsp3) is 0.444. The Morgan fingerprint density at radius 1 is 1.21 bits per heavy atom. The predicted octanol–water partition coefficient (Wildman–Crippen LogP) is 4.68. The van der Waals surface area contributed by atoms with Gasteiger partial charge in [0.15, 0.2) is 5.11 Å². The number of nitrogens with zero attached hydrogens (tertiary/aromatic N) is 4. The normalized spacial score (nSPS) is 20.0. The molecule has 1 saturated carbocycles. The van der Waals surface area contributed by atoms with Crippen LogP contribution in [0.15, 0.2) is 36.5 Å². The van der Waals surface area contributed by atoms with E-state index < -0.39 is 17.3 Å². The van der Waals surface area contributed by atoms with E-state index in [9.17, 15) is 18.0 Å². The monoisotopic (exact) mass is 543 g/mol. The second kappa shape index (κ2) is 10.1. The molecular formula is C27H28F3N5O2S. The Hall–Kier alpha value is -3.36. The number of halogens is 3. The Morgan fingerprint density at radius 3 is 2.45 bits per heavy atom. The number of carbonyl (C=O) groups is 1. The molecule has 0 bridgehead atoms. The fourth-order valence-corrected chi connectivity index (χ4v) is 5.85. The van der Waals surface area contributed by atoms with Crippen LogP contribution >= 0.6 is 12.2 Å². The van der Waals surface area contributed by atoms with Gasteiger partial charge in [0, 0.05) is 25.8 Å². The minimum atomic E-state index is -4.65. The highest BCUT2D eigenvalue weighted by molar-refractivity contribution is 7.81. The first-order valence-corrected chi connectivity index (χ1v) is 12.9. The summed E-state index contributed by atoms with van der Waals surface area (Å²) in [6, 6.07) is 8.29. The fourth-order valence-electron chi connectivity index (χ4n) is 5.38. The third-order valence-electron chi connectivity index (χ3n) is 7.51. The zero-order valence-corrected chi connectivity index (χ0v) is 21.7. The minimum Gasteiger partial charge on any atom is -0.490 e. The van der Waals surface area contributed by atoms with Crippen LogP contribution in [-0.4, -0.2) is 59.2 Å². The molecule has 7 nitrogen and oxygen atoms in total. The smallest absolute Gasteiger partial charge is 0.420 e. The number of anilines is 3. The zero-order valence-electron chi connectivity index (χ0n) is 20.9. The number of hydrogen-bond donors (Lipinski definition) is 1. The molecule has 2 saturated heterocycles. The van der Waals surface area contributed by atoms with E-state index in [4.69, 9.17) is 23.4 Å². The number of hydrogen-bond acceptors (Lipinski definition) is 6. The van der Waals surface area contributed by atoms with Crippen molar-refractivity contribution in [2.75, 3.05) is 41.8 Å². The first-order valence-electron chi connectivity index (χ1n) is 12.5. The molecule has 1 amide bonds. The van der Waals surface area contributed by atoms with Crippen LogP contribution in [0.1, 0.15) is 37.7 Å². The Bertz CT molecular complexity index is 1260. The molecule has 1 aliphatic carbocycles. The Balaban J connectivity index is 1.38. The second-order valence-corrected chi connectivity index (χ2v) is 10.1. The molecule has 1 aromatic heterocycles. The van der Waals surface area contributed by atoms with Crippen molar-refractivity contribution in [2.24, 2.45) is 0 Å². The predicted molar refractivity (Wildman–Crippen MR) is 143 cm³/mol. The highest BCUT2D eigenvalue weighted by Gasteiger charge is 2.59. The van der Waals surface area contributed by atoms with E-state index in [2.05, 4.69) is 21.1 Å². The van der Waals surface area contributed by atoms with Gasteiger partial charge in [0.05, 0.1) is 24.0 Å². The maximum absolute atomic E-state index is 13.7. The number of carbonyl (C=O) groups excluding carboxylic acids is 1. The van der Waals surface area contributed by atoms with Crippen molar-refractivity contribution in [1.29, 1.82) is 0 Å². The lowest BCUT2D eigenvalue weighted by molar-refractivity contribution is -0.137. The van der Waals surface area contributed by atoms with Crippen molar-refractivity contribution in [2.45, 2.75) is 49.9 Å². The number of benzene rings is 1. The van der Waals surface area contributed by atoms with Gasteiger partial charge in [0.2, 0.25) is 0 Å². The number of aromatic nitrogens is 1. The SMILES string of the molecule is C#CCN1CCC(Oc2ccc(N3C(=S)N(c4cnc(NC)c(C(F)(F)F)c4)C(=O)C34CCC4)cc2)CC1. The van der Waals surface area contributed by atoms with Crippen molar-refractivity contribution >= 4 is 40.4 Å². The van der Waals surface area contributed by atoms with E-state index in [0.717, 1.165) is 38.4 Å². The van der Waals surface area contributed by atoms with E-state index >= 15 is 0 Å². The summed E-state index contributed by atoms with van der Waals surface area (Å²) >= 11 is 5.70. The van der Waals surface area contributed by atoms with Crippen molar-refractivity contribution in [1.82, 2.24) is 9.88 Å². The van der Waals surface area contributed by atoms with Gasteiger partial charge < -0.3 is 15.0 Å². The van der Waals surface area contributed by atoms with Gasteiger partial charge in [-0.05, 0) is 74.7 Å². The van der Waals surface area contributed by atoms with Gasteiger partial charge in [-0.15, -0.1) is 6.42 Å². The first-order chi connectivity index (χ1) is 18.2. The summed E-state index contributed by atoms with van der Waals surface area (Å²) in [4.78, 5) is 22.7. The lowest BCUT2D eigenvalue weighted by Gasteiger charge is -2.43. The number of piperidine rings is 1. The number of alkyl halides is 3. The molecule has 1 spiro atoms. The van der Waals surface area contributed by atoms with Gasteiger partial charge >= 0.3 is 6.18 Å². The average molecular weight is 544 g/mol. The van der Waals surface area contributed by atoms with Crippen LogP contribution in [-0.2, 0) is 11.0 Å². The van der Waals surface area contributed by atoms with Crippen LogP contribution in [0.25, 0.3) is 0 Å². The summed E-state index contributed by atoms with van der Waals surface area (Å²) in [7, 11) is 1.36. The van der Waals surface area contributed by atoms with Gasteiger partial charge in [-0.1, -0.05) is 5.92 Å². The van der Waals surface area contributed by atoms with E-state index in [1.807, 2.05) is 24.3 Å². The lowest BCUT2D eigenvalue weighted by atomic mass is 9.75. The molecule has 0 atom stereocenters. The number of terminal acetylenes is 1. The van der Waals surface area contributed by atoms with E-state index in [0.29, 0.717) is 30.8 Å². The first kappa shape index (κ1) is 26.3. The highest BCUT2D eigenvalue weighted by atomic mass is 32.1. The molecule has 1 N–H and O–H groups in total. The van der Waals surface area contributed by atoms with Gasteiger partial charge in [0.25, 0.3) is 5.91 Å². The molecule has 11 heteroatoms. The summed E-state index contributed by atoms with van der Waals surface area (Å²) < 4.78 is 47.2. The largest absolute Gasteiger partial charge is 0.490 e. The summed E-state index contributed by atoms with van der Waals surface area (Å²) in [5.74, 6) is 2.73. The van der Waals surface area contributed by atoms with E-state index in [-0.39, 0.29) is 28.6 Å². The molecule has 2 aromatic rings. The van der Waals surface area contributed by atoms with E-state index in [1.54, 1.807) is 4.90 Å². The van der Waals surface area contributed by atoms with Gasteiger partial charge in [-0.3, -0.25) is 14.6 Å². The van der Waals surface area contributed by atoms with Crippen LogP contribution < -0.4 is 19.9 Å². The quantitative estimate of drug-likeness (QED) is 0.420. The number of thiocarbonyl (C=S) groups is 1. The maximum Gasteiger partial charge on any atom is 0.420 e. The number of ether oxygens (including phenoxy) is 1. The number of likely N-dealkylation sites (tertiary alicyclic amines) is 1. The molecule has 5 rings (SSSR count). The minimum absolute atomic E-state index is 0.00349. The van der Waals surface area contributed by atoms with Crippen molar-refractivity contribution in [3.05, 3.63) is 42.1 Å². The van der Waals surface area contributed by atoms with Gasteiger partial charge in [0.1, 0.15) is 23.2 Å². The summed E-state index contributed by atoms with van der Waals surface area (Å²) in [5.41, 5.74) is -1.18. The molecule has 3 heterocycles. The third-order valence-corrected chi connectivity index (χ3v) is 7.88. The topological polar surface area (TPSA) is 60.9 Å². The van der Waals surface area contributed by atoms with Crippen LogP contribution in [0.4, 0.5) is 30.4 Å². The standard InChI is InChI=1S/C27H28F3N5O2S/c1-3-13-33-14-9-21(10-15-33)37-20-7-5-18(6-8-20)35-25(38)34(24(36)26(35)11-4-12-26)19-16-22(27(28,29)30)23(31-2)32-17-19/h1,5-8,16-17,21H,4,9-15H2,2H3,(H,31,32). The van der Waals surface area contributed by atoms with E-state index in [1.165, 1.54) is 18.1 Å². The third kappa shape index (κ3) is 4.56. The molecule has 3 aliphatic rings. The zero-order chi connectivity index (χ0) is 27.1. The lowest BCUT2D eigenvalue weighted by Crippen LogP contribution is -2.55. The summed E-state index contributed by atoms with van der Waals surface area (Å²) in [6.07, 6.45) is 5.80. The van der Waals surface area contributed by atoms with Crippen molar-refractivity contribution in [3.63, 3.8) is 0 Å². The Kier molecular flexibility index (Phi) is 6.96. The number of amides is 1. The maximum atomic E-state index is 13.7. The van der Waals surface area contributed by atoms with Crippen molar-refractivity contribution < 1.29 is 22.7 Å². The van der Waals surface area contributed by atoms with Crippen LogP contribution in [0.2, 0.25) is 0 Å². The molecule has 38 heavy (non-hydrogen) atoms. The highest BCUT2D eigenvalue weighted by Crippen LogP contribution is 2.48. The number of nitrogens with one attached hydrogen (secondary N) is 1. The van der Waals surface area contributed by atoms with Crippen molar-refractivity contribution in [3.8, 4) is 18.1 Å². The van der Waals surface area contributed by atoms with Crippen LogP contribution in [0.3, 0.4) is 0 Å². The van der Waals surface area contributed by atoms with Gasteiger partial charge in [-0.2, -0.15) is 13.2 Å². The van der Waals surface area contributed by atoms with Crippen LogP contribution in [0.5, 0.6) is 5.75 Å². The Labute approximate surface area is 224 Å². The summed E-state index contributed by atoms with van der Waals surface area (Å²) in [5, 5.41) is 2.59. The molecule has 200 valence electrons. The molecule has 1 aromatic carbocycles. The molecular weight excluding hydrogens is 515 g/mol. The Morgan fingerprint density at radius 2 is 1.89 bits per heavy atom. The second-order valence-electron chi connectivity index (χ2n) is 9.77. The number of pyridine rings is 1. The van der Waals surface area contributed by atoms with Crippen LogP contribution in [0, 0.1) is 12.3 Å². The molecule has 0 radical (unpaired) electrons. The molecule has 3 fully saturated rings.